The molecule has 1 aliphatic rings. The van der Waals surface area contributed by atoms with Crippen LogP contribution in [0.2, 0.25) is 5.02 Å². The molecular weight excluding hydrogens is 330 g/mol. The van der Waals surface area contributed by atoms with Gasteiger partial charge in [0.25, 0.3) is 0 Å². The van der Waals surface area contributed by atoms with Crippen LogP contribution < -0.4 is 0 Å². The summed E-state index contributed by atoms with van der Waals surface area (Å²) in [7, 11) is 1.71. The summed E-state index contributed by atoms with van der Waals surface area (Å²) < 4.78 is 10.7. The Labute approximate surface area is 148 Å². The van der Waals surface area contributed by atoms with Crippen molar-refractivity contribution >= 4 is 17.8 Å². The lowest BCUT2D eigenvalue weighted by molar-refractivity contribution is -0.160. The molecule has 0 aliphatic carbocycles. The van der Waals surface area contributed by atoms with Crippen LogP contribution in [-0.2, 0) is 19.7 Å². The molecule has 0 saturated carbocycles. The molecule has 0 radical (unpaired) electrons. The molecule has 2 rings (SSSR count). The summed E-state index contributed by atoms with van der Waals surface area (Å²) in [6.07, 6.45) is 0.990. The van der Waals surface area contributed by atoms with E-state index in [0.29, 0.717) is 19.7 Å². The lowest BCUT2D eigenvalue weighted by atomic mass is 9.74. The molecule has 6 heteroatoms. The number of nitrogens with zero attached hydrogens (tertiary/aromatic N) is 1. The molecule has 1 heterocycles. The van der Waals surface area contributed by atoms with Gasteiger partial charge >= 0.3 is 6.16 Å². The van der Waals surface area contributed by atoms with Gasteiger partial charge in [-0.2, -0.15) is 0 Å². The van der Waals surface area contributed by atoms with Gasteiger partial charge < -0.3 is 14.3 Å². The van der Waals surface area contributed by atoms with Crippen molar-refractivity contribution in [1.82, 2.24) is 5.06 Å². The topological polar surface area (TPSA) is 48.0 Å². The normalized spacial score (nSPS) is 18.2. The zero-order valence-corrected chi connectivity index (χ0v) is 15.6. The highest BCUT2D eigenvalue weighted by atomic mass is 35.5. The van der Waals surface area contributed by atoms with E-state index in [4.69, 9.17) is 25.9 Å². The molecule has 1 fully saturated rings. The third-order valence-electron chi connectivity index (χ3n) is 4.15. The molecule has 0 unspecified atom stereocenters. The molecule has 1 aliphatic heterocycles. The lowest BCUT2D eigenvalue weighted by Crippen LogP contribution is -2.46. The fraction of sp³-hybridized carbons (Fsp3) is 0.611. The zero-order chi connectivity index (χ0) is 17.8. The van der Waals surface area contributed by atoms with Gasteiger partial charge in [0.15, 0.2) is 0 Å². The maximum absolute atomic E-state index is 11.8. The summed E-state index contributed by atoms with van der Waals surface area (Å²) in [4.78, 5) is 17.1. The largest absolute Gasteiger partial charge is 0.528 e. The molecule has 5 nitrogen and oxygen atoms in total. The van der Waals surface area contributed by atoms with E-state index in [1.165, 1.54) is 5.56 Å². The Kier molecular flexibility index (Phi) is 6.12. The minimum absolute atomic E-state index is 0.0901. The first-order valence-corrected chi connectivity index (χ1v) is 8.53. The number of halogens is 1. The van der Waals surface area contributed by atoms with Gasteiger partial charge in [0.1, 0.15) is 5.60 Å². The molecule has 1 aromatic carbocycles. The van der Waals surface area contributed by atoms with E-state index in [-0.39, 0.29) is 5.41 Å². The summed E-state index contributed by atoms with van der Waals surface area (Å²) in [5.74, 6) is 0. The molecule has 0 atom stereocenters. The van der Waals surface area contributed by atoms with Crippen LogP contribution in [0.4, 0.5) is 4.79 Å². The molecule has 0 N–H and O–H groups in total. The Morgan fingerprint density at radius 1 is 1.21 bits per heavy atom. The van der Waals surface area contributed by atoms with Gasteiger partial charge in [0, 0.05) is 30.6 Å². The highest BCUT2D eigenvalue weighted by molar-refractivity contribution is 6.30. The maximum Gasteiger partial charge on any atom is 0.528 e. The quantitative estimate of drug-likeness (QED) is 0.758. The van der Waals surface area contributed by atoms with Crippen molar-refractivity contribution < 1.29 is 19.1 Å². The molecule has 0 amide bonds. The minimum atomic E-state index is -0.659. The SMILES string of the molecule is COCC1(c2ccc(Cl)cc2)CCN(OC(=O)OC(C)(C)C)CC1. The molecule has 1 saturated heterocycles. The summed E-state index contributed by atoms with van der Waals surface area (Å²) >= 11 is 6.00. The highest BCUT2D eigenvalue weighted by Crippen LogP contribution is 2.36. The van der Waals surface area contributed by atoms with Crippen molar-refractivity contribution in [3.05, 3.63) is 34.9 Å². The molecule has 134 valence electrons. The van der Waals surface area contributed by atoms with E-state index in [1.54, 1.807) is 12.2 Å². The first kappa shape index (κ1) is 19.0. The predicted molar refractivity (Wildman–Crippen MR) is 93.1 cm³/mol. The van der Waals surface area contributed by atoms with Crippen molar-refractivity contribution in [2.75, 3.05) is 26.8 Å². The van der Waals surface area contributed by atoms with E-state index in [1.807, 2.05) is 45.0 Å². The fourth-order valence-electron chi connectivity index (χ4n) is 2.98. The van der Waals surface area contributed by atoms with Gasteiger partial charge in [-0.15, -0.1) is 5.06 Å². The van der Waals surface area contributed by atoms with E-state index in [0.717, 1.165) is 17.9 Å². The Morgan fingerprint density at radius 2 is 1.79 bits per heavy atom. The Morgan fingerprint density at radius 3 is 2.29 bits per heavy atom. The van der Waals surface area contributed by atoms with E-state index in [9.17, 15) is 4.79 Å². The Hall–Kier alpha value is -1.30. The van der Waals surface area contributed by atoms with Crippen molar-refractivity contribution in [2.45, 2.75) is 44.6 Å². The number of hydrogen-bond donors (Lipinski definition) is 0. The zero-order valence-electron chi connectivity index (χ0n) is 14.8. The third kappa shape index (κ3) is 5.10. The van der Waals surface area contributed by atoms with Crippen molar-refractivity contribution in [3.8, 4) is 0 Å². The molecular formula is C18H26ClNO4. The van der Waals surface area contributed by atoms with Crippen LogP contribution in [0.15, 0.2) is 24.3 Å². The molecule has 0 aromatic heterocycles. The van der Waals surface area contributed by atoms with E-state index in [2.05, 4.69) is 0 Å². The van der Waals surface area contributed by atoms with Crippen LogP contribution in [0, 0.1) is 0 Å². The van der Waals surface area contributed by atoms with Crippen molar-refractivity contribution in [1.29, 1.82) is 0 Å². The van der Waals surface area contributed by atoms with Crippen LogP contribution in [0.3, 0.4) is 0 Å². The van der Waals surface area contributed by atoms with Crippen LogP contribution in [0.5, 0.6) is 0 Å². The summed E-state index contributed by atoms with van der Waals surface area (Å²) in [6, 6.07) is 7.90. The van der Waals surface area contributed by atoms with E-state index >= 15 is 0 Å². The van der Waals surface area contributed by atoms with Crippen LogP contribution in [0.25, 0.3) is 0 Å². The monoisotopic (exact) mass is 355 g/mol. The summed E-state index contributed by atoms with van der Waals surface area (Å²) in [5.41, 5.74) is 0.550. The average molecular weight is 356 g/mol. The first-order valence-electron chi connectivity index (χ1n) is 8.15. The third-order valence-corrected chi connectivity index (χ3v) is 4.40. The number of carbonyl (C=O) groups is 1. The second-order valence-electron chi connectivity index (χ2n) is 7.20. The number of benzene rings is 1. The molecule has 0 bridgehead atoms. The van der Waals surface area contributed by atoms with Gasteiger partial charge in [0.05, 0.1) is 6.61 Å². The van der Waals surface area contributed by atoms with Crippen molar-refractivity contribution in [3.63, 3.8) is 0 Å². The number of carbonyl (C=O) groups excluding carboxylic acids is 1. The van der Waals surface area contributed by atoms with Gasteiger partial charge in [-0.05, 0) is 51.3 Å². The van der Waals surface area contributed by atoms with E-state index < -0.39 is 11.8 Å². The number of ether oxygens (including phenoxy) is 2. The first-order chi connectivity index (χ1) is 11.2. The van der Waals surface area contributed by atoms with Crippen LogP contribution >= 0.6 is 11.6 Å². The summed E-state index contributed by atoms with van der Waals surface area (Å²) in [6.45, 7) is 7.32. The Balaban J connectivity index is 1.99. The van der Waals surface area contributed by atoms with Crippen LogP contribution in [0.1, 0.15) is 39.2 Å². The second-order valence-corrected chi connectivity index (χ2v) is 7.64. The maximum atomic E-state index is 11.8. The standard InChI is InChI=1S/C18H26ClNO4/c1-17(2,3)23-16(21)24-20-11-9-18(10-12-20,13-22-4)14-5-7-15(19)8-6-14/h5-8H,9-13H2,1-4H3. The van der Waals surface area contributed by atoms with Gasteiger partial charge in [-0.3, -0.25) is 0 Å². The minimum Gasteiger partial charge on any atom is -0.427 e. The molecule has 0 spiro atoms. The summed E-state index contributed by atoms with van der Waals surface area (Å²) in [5, 5.41) is 2.38. The predicted octanol–water partition coefficient (Wildman–Crippen LogP) is 4.19. The highest BCUT2D eigenvalue weighted by Gasteiger charge is 2.37. The van der Waals surface area contributed by atoms with Crippen LogP contribution in [-0.4, -0.2) is 43.6 Å². The lowest BCUT2D eigenvalue weighted by Gasteiger charge is -2.40. The van der Waals surface area contributed by atoms with Gasteiger partial charge in [-0.1, -0.05) is 23.7 Å². The second kappa shape index (κ2) is 7.72. The van der Waals surface area contributed by atoms with Crippen molar-refractivity contribution in [2.24, 2.45) is 0 Å². The number of piperidine rings is 1. The fourth-order valence-corrected chi connectivity index (χ4v) is 3.10. The van der Waals surface area contributed by atoms with Gasteiger partial charge in [0.2, 0.25) is 0 Å². The Bertz CT molecular complexity index is 545. The number of methoxy groups -OCH3 is 1. The number of hydrogen-bond acceptors (Lipinski definition) is 5. The smallest absolute Gasteiger partial charge is 0.427 e. The molecule has 1 aromatic rings. The number of hydroxylamine groups is 2. The number of rotatable bonds is 4. The average Bonchev–Trinajstić information content (AvgIpc) is 2.48. The van der Waals surface area contributed by atoms with Gasteiger partial charge in [-0.25, -0.2) is 4.79 Å². The molecule has 24 heavy (non-hydrogen) atoms.